The van der Waals surface area contributed by atoms with Gasteiger partial charge in [0.2, 0.25) is 0 Å². The number of anilines is 2. The summed E-state index contributed by atoms with van der Waals surface area (Å²) >= 11 is 0. The fourth-order valence-corrected chi connectivity index (χ4v) is 5.32. The van der Waals surface area contributed by atoms with Crippen molar-refractivity contribution < 1.29 is 0 Å². The summed E-state index contributed by atoms with van der Waals surface area (Å²) in [5.41, 5.74) is 2.92. The number of hydrogen-bond donors (Lipinski definition) is 0. The first-order valence-corrected chi connectivity index (χ1v) is 12.5. The van der Waals surface area contributed by atoms with Crippen LogP contribution in [0.3, 0.4) is 0 Å². The first-order valence-electron chi connectivity index (χ1n) is 12.5. The van der Waals surface area contributed by atoms with Gasteiger partial charge in [-0.3, -0.25) is 0 Å². The Balaban J connectivity index is 1.73. The molecule has 0 bridgehead atoms. The van der Waals surface area contributed by atoms with Crippen molar-refractivity contribution >= 4 is 11.4 Å². The highest BCUT2D eigenvalue weighted by Crippen LogP contribution is 2.32. The lowest BCUT2D eigenvalue weighted by Crippen LogP contribution is -2.38. The Bertz CT molecular complexity index is 477. The molecule has 2 heteroatoms. The monoisotopic (exact) mass is 384 g/mol. The molecule has 0 amide bonds. The second-order valence-corrected chi connectivity index (χ2v) is 9.19. The fraction of sp³-hybridized carbons (Fsp3) is 0.769. The van der Waals surface area contributed by atoms with E-state index in [-0.39, 0.29) is 0 Å². The van der Waals surface area contributed by atoms with Gasteiger partial charge in [0.1, 0.15) is 0 Å². The molecule has 158 valence electrons. The quantitative estimate of drug-likeness (QED) is 0.410. The standard InChI is InChI=1S/C26H44N2/c1-3-5-21-27(23-13-9-7-10-14-23)25-17-19-26(20-18-25)28(22-6-4-2)24-15-11-8-12-16-24/h17-20,23-24H,3-16,21-22H2,1-2H3. The van der Waals surface area contributed by atoms with E-state index in [0.29, 0.717) is 0 Å². The van der Waals surface area contributed by atoms with Crippen LogP contribution in [-0.2, 0) is 0 Å². The molecule has 28 heavy (non-hydrogen) atoms. The van der Waals surface area contributed by atoms with Crippen molar-refractivity contribution in [2.45, 2.75) is 116 Å². The number of hydrogen-bond acceptors (Lipinski definition) is 2. The van der Waals surface area contributed by atoms with Crippen molar-refractivity contribution in [3.63, 3.8) is 0 Å². The molecule has 0 saturated heterocycles. The van der Waals surface area contributed by atoms with Crippen LogP contribution in [0.2, 0.25) is 0 Å². The zero-order valence-electron chi connectivity index (χ0n) is 18.7. The van der Waals surface area contributed by atoms with Crippen molar-refractivity contribution in [2.24, 2.45) is 0 Å². The molecule has 2 saturated carbocycles. The van der Waals surface area contributed by atoms with E-state index in [1.807, 2.05) is 0 Å². The zero-order chi connectivity index (χ0) is 19.6. The molecule has 0 unspecified atom stereocenters. The second kappa shape index (κ2) is 11.7. The highest BCUT2D eigenvalue weighted by atomic mass is 15.2. The van der Waals surface area contributed by atoms with E-state index in [1.165, 1.54) is 114 Å². The van der Waals surface area contributed by atoms with E-state index in [9.17, 15) is 0 Å². The third-order valence-electron chi connectivity index (χ3n) is 7.05. The Labute approximate surface area is 174 Å². The molecule has 1 aromatic rings. The summed E-state index contributed by atoms with van der Waals surface area (Å²) in [6.45, 7) is 7.08. The Kier molecular flexibility index (Phi) is 9.02. The molecule has 0 spiro atoms. The molecule has 0 aliphatic heterocycles. The van der Waals surface area contributed by atoms with E-state index in [1.54, 1.807) is 0 Å². The van der Waals surface area contributed by atoms with E-state index >= 15 is 0 Å². The maximum Gasteiger partial charge on any atom is 0.0370 e. The van der Waals surface area contributed by atoms with Crippen molar-refractivity contribution in [1.82, 2.24) is 0 Å². The number of benzene rings is 1. The average molecular weight is 385 g/mol. The average Bonchev–Trinajstić information content (AvgIpc) is 2.77. The van der Waals surface area contributed by atoms with Crippen molar-refractivity contribution in [3.8, 4) is 0 Å². The largest absolute Gasteiger partial charge is 0.369 e. The van der Waals surface area contributed by atoms with E-state index < -0.39 is 0 Å². The topological polar surface area (TPSA) is 6.48 Å². The predicted octanol–water partition coefficient (Wildman–Crippen LogP) is 7.57. The number of nitrogens with zero attached hydrogens (tertiary/aromatic N) is 2. The van der Waals surface area contributed by atoms with Gasteiger partial charge in [0.15, 0.2) is 0 Å². The van der Waals surface area contributed by atoms with Crippen LogP contribution in [0.1, 0.15) is 104 Å². The minimum absolute atomic E-state index is 0.765. The third kappa shape index (κ3) is 5.91. The highest BCUT2D eigenvalue weighted by molar-refractivity contribution is 5.57. The normalized spacial score (nSPS) is 18.9. The van der Waals surface area contributed by atoms with Crippen molar-refractivity contribution in [3.05, 3.63) is 24.3 Å². The van der Waals surface area contributed by atoms with Gasteiger partial charge in [-0.25, -0.2) is 0 Å². The molecule has 2 nitrogen and oxygen atoms in total. The maximum atomic E-state index is 2.74. The Hall–Kier alpha value is -1.18. The SMILES string of the molecule is CCCCN(c1ccc(N(CCCC)C2CCCCC2)cc1)C1CCCCC1. The molecule has 1 aromatic carbocycles. The lowest BCUT2D eigenvalue weighted by molar-refractivity contribution is 0.411. The maximum absolute atomic E-state index is 2.74. The van der Waals surface area contributed by atoms with Crippen LogP contribution >= 0.6 is 0 Å². The van der Waals surface area contributed by atoms with Gasteiger partial charge < -0.3 is 9.80 Å². The number of rotatable bonds is 10. The zero-order valence-corrected chi connectivity index (χ0v) is 18.7. The summed E-state index contributed by atoms with van der Waals surface area (Å²) in [4.78, 5) is 5.48. The van der Waals surface area contributed by atoms with Gasteiger partial charge in [-0.15, -0.1) is 0 Å². The molecule has 2 aliphatic carbocycles. The highest BCUT2D eigenvalue weighted by Gasteiger charge is 2.23. The van der Waals surface area contributed by atoms with Crippen molar-refractivity contribution in [1.29, 1.82) is 0 Å². The summed E-state index contributed by atoms with van der Waals surface area (Å²) < 4.78 is 0. The molecule has 0 atom stereocenters. The Morgan fingerprint density at radius 3 is 1.29 bits per heavy atom. The van der Waals surface area contributed by atoms with E-state index in [2.05, 4.69) is 47.9 Å². The van der Waals surface area contributed by atoms with E-state index in [4.69, 9.17) is 0 Å². The summed E-state index contributed by atoms with van der Waals surface area (Å²) in [6.07, 6.45) is 19.3. The number of unbranched alkanes of at least 4 members (excludes halogenated alkanes) is 2. The minimum Gasteiger partial charge on any atom is -0.369 e. The van der Waals surface area contributed by atoms with Crippen LogP contribution in [0.5, 0.6) is 0 Å². The summed E-state index contributed by atoms with van der Waals surface area (Å²) in [6, 6.07) is 11.3. The third-order valence-corrected chi connectivity index (χ3v) is 7.05. The summed E-state index contributed by atoms with van der Waals surface area (Å²) in [7, 11) is 0. The first-order chi connectivity index (χ1) is 13.8. The van der Waals surface area contributed by atoms with Gasteiger partial charge in [0.25, 0.3) is 0 Å². The summed E-state index contributed by atoms with van der Waals surface area (Å²) in [5.74, 6) is 0. The van der Waals surface area contributed by atoms with Crippen LogP contribution in [0.4, 0.5) is 11.4 Å². The Morgan fingerprint density at radius 2 is 0.964 bits per heavy atom. The smallest absolute Gasteiger partial charge is 0.0370 e. The van der Waals surface area contributed by atoms with Crippen LogP contribution in [0.15, 0.2) is 24.3 Å². The van der Waals surface area contributed by atoms with Crippen LogP contribution in [0, 0.1) is 0 Å². The van der Waals surface area contributed by atoms with E-state index in [0.717, 1.165) is 12.1 Å². The summed E-state index contributed by atoms with van der Waals surface area (Å²) in [5, 5.41) is 0. The van der Waals surface area contributed by atoms with Crippen LogP contribution in [-0.4, -0.2) is 25.2 Å². The molecule has 0 N–H and O–H groups in total. The molecule has 0 aromatic heterocycles. The fourth-order valence-electron chi connectivity index (χ4n) is 5.32. The van der Waals surface area contributed by atoms with Crippen LogP contribution < -0.4 is 9.80 Å². The molecule has 3 rings (SSSR count). The molecule has 0 radical (unpaired) electrons. The minimum atomic E-state index is 0.765. The van der Waals surface area contributed by atoms with Gasteiger partial charge in [-0.2, -0.15) is 0 Å². The van der Waals surface area contributed by atoms with Gasteiger partial charge >= 0.3 is 0 Å². The first kappa shape index (κ1) is 21.5. The molecule has 2 fully saturated rings. The Morgan fingerprint density at radius 1 is 0.607 bits per heavy atom. The lowest BCUT2D eigenvalue weighted by Gasteiger charge is -2.38. The molecule has 0 heterocycles. The predicted molar refractivity (Wildman–Crippen MR) is 125 cm³/mol. The second-order valence-electron chi connectivity index (χ2n) is 9.19. The van der Waals surface area contributed by atoms with Gasteiger partial charge in [-0.1, -0.05) is 65.2 Å². The van der Waals surface area contributed by atoms with Gasteiger partial charge in [0, 0.05) is 36.5 Å². The molecular formula is C26H44N2. The molecule has 2 aliphatic rings. The van der Waals surface area contributed by atoms with Crippen molar-refractivity contribution in [2.75, 3.05) is 22.9 Å². The van der Waals surface area contributed by atoms with Crippen LogP contribution in [0.25, 0.3) is 0 Å². The lowest BCUT2D eigenvalue weighted by atomic mass is 9.93. The molecular weight excluding hydrogens is 340 g/mol. The van der Waals surface area contributed by atoms with Gasteiger partial charge in [-0.05, 0) is 62.8 Å². The van der Waals surface area contributed by atoms with Gasteiger partial charge in [0.05, 0.1) is 0 Å².